The van der Waals surface area contributed by atoms with Crippen LogP contribution in [-0.2, 0) is 11.2 Å². The number of hydrogen-bond donors (Lipinski definition) is 1. The lowest BCUT2D eigenvalue weighted by atomic mass is 9.77. The highest BCUT2D eigenvalue weighted by Crippen LogP contribution is 2.41. The van der Waals surface area contributed by atoms with Crippen molar-refractivity contribution in [1.29, 1.82) is 0 Å². The Morgan fingerprint density at radius 2 is 1.94 bits per heavy atom. The second-order valence-electron chi connectivity index (χ2n) is 10.7. The van der Waals surface area contributed by atoms with Crippen LogP contribution in [0.2, 0.25) is 0 Å². The Balaban J connectivity index is 1.41. The van der Waals surface area contributed by atoms with E-state index in [4.69, 9.17) is 0 Å². The predicted molar refractivity (Wildman–Crippen MR) is 134 cm³/mol. The Morgan fingerprint density at radius 1 is 1.15 bits per heavy atom. The van der Waals surface area contributed by atoms with E-state index in [0.717, 1.165) is 49.9 Å². The van der Waals surface area contributed by atoms with E-state index in [1.807, 2.05) is 29.2 Å². The number of fused-ring (bicyclic) bond motifs is 4. The molecule has 0 aromatic heterocycles. The molecule has 0 spiro atoms. The maximum absolute atomic E-state index is 13.8. The number of carbonyl (C=O) groups is 2. The molecule has 34 heavy (non-hydrogen) atoms. The molecule has 3 unspecified atom stereocenters. The predicted octanol–water partition coefficient (Wildman–Crippen LogP) is 4.74. The number of hydrogen-bond acceptors (Lipinski definition) is 3. The molecule has 5 heteroatoms. The van der Waals surface area contributed by atoms with E-state index in [1.54, 1.807) is 0 Å². The molecule has 180 valence electrons. The first-order valence-electron chi connectivity index (χ1n) is 13.0. The number of carbonyl (C=O) groups excluding carboxylic acids is 2. The maximum Gasteiger partial charge on any atom is 0.254 e. The molecular weight excluding hydrogens is 422 g/mol. The molecule has 3 aliphatic rings. The first-order valence-corrected chi connectivity index (χ1v) is 13.0. The summed E-state index contributed by atoms with van der Waals surface area (Å²) in [6.07, 6.45) is 3.89. The fourth-order valence-electron chi connectivity index (χ4n) is 6.20. The largest absolute Gasteiger partial charge is 0.335 e. The third kappa shape index (κ3) is 4.26. The van der Waals surface area contributed by atoms with Crippen molar-refractivity contribution < 1.29 is 9.59 Å². The standard InChI is InChI=1S/C29H37N3O2/c1-19(2)18-32(20(3)21-8-5-4-6-9-21)28(33)23-11-12-24-22(16-23)13-15-31-27(24)17-26-25(29(31)34)10-7-14-30-26/h4-6,8-9,11-12,16,19-20,25-27,30H,7,10,13-15,17-18H2,1-3H3/t20-,25?,26?,27?/m1/s1. The van der Waals surface area contributed by atoms with Crippen molar-refractivity contribution in [1.82, 2.24) is 15.1 Å². The van der Waals surface area contributed by atoms with E-state index in [2.05, 4.69) is 55.3 Å². The zero-order valence-electron chi connectivity index (χ0n) is 20.7. The molecule has 5 rings (SSSR count). The van der Waals surface area contributed by atoms with Gasteiger partial charge in [-0.05, 0) is 73.9 Å². The minimum absolute atomic E-state index is 0.00731. The quantitative estimate of drug-likeness (QED) is 0.702. The minimum Gasteiger partial charge on any atom is -0.335 e. The maximum atomic E-state index is 13.8. The lowest BCUT2D eigenvalue weighted by Crippen LogP contribution is -2.57. The van der Waals surface area contributed by atoms with E-state index in [1.165, 1.54) is 11.1 Å². The van der Waals surface area contributed by atoms with E-state index in [-0.39, 0.29) is 30.0 Å². The van der Waals surface area contributed by atoms with Crippen LogP contribution in [0.1, 0.15) is 79.2 Å². The number of amides is 2. The molecule has 0 aliphatic carbocycles. The molecule has 3 aliphatic heterocycles. The number of nitrogens with zero attached hydrogens (tertiary/aromatic N) is 2. The molecule has 2 amide bonds. The van der Waals surface area contributed by atoms with Crippen molar-refractivity contribution in [2.24, 2.45) is 11.8 Å². The Hall–Kier alpha value is -2.66. The molecule has 0 radical (unpaired) electrons. The highest BCUT2D eigenvalue weighted by atomic mass is 16.2. The van der Waals surface area contributed by atoms with Crippen molar-refractivity contribution in [3.8, 4) is 0 Å². The van der Waals surface area contributed by atoms with E-state index >= 15 is 0 Å². The molecular formula is C29H37N3O2. The van der Waals surface area contributed by atoms with Gasteiger partial charge in [0.1, 0.15) is 0 Å². The summed E-state index contributed by atoms with van der Waals surface area (Å²) in [5.41, 5.74) is 4.37. The van der Waals surface area contributed by atoms with Crippen molar-refractivity contribution in [2.45, 2.75) is 64.6 Å². The van der Waals surface area contributed by atoms with Gasteiger partial charge in [0.25, 0.3) is 5.91 Å². The van der Waals surface area contributed by atoms with E-state index < -0.39 is 0 Å². The van der Waals surface area contributed by atoms with Gasteiger partial charge in [0.05, 0.1) is 18.0 Å². The number of piperidine rings is 2. The SMILES string of the molecule is CC(C)CN(C(=O)c1ccc2c(c1)CCN1C(=O)C3CCCNC3CC21)[C@H](C)c1ccccc1. The Bertz CT molecular complexity index is 1050. The van der Waals surface area contributed by atoms with Crippen molar-refractivity contribution in [2.75, 3.05) is 19.6 Å². The molecule has 2 saturated heterocycles. The third-order valence-corrected chi connectivity index (χ3v) is 7.98. The molecule has 1 N–H and O–H groups in total. The van der Waals surface area contributed by atoms with Crippen LogP contribution in [0.5, 0.6) is 0 Å². The minimum atomic E-state index is 0.00731. The van der Waals surface area contributed by atoms with Gasteiger partial charge in [-0.15, -0.1) is 0 Å². The summed E-state index contributed by atoms with van der Waals surface area (Å²) < 4.78 is 0. The van der Waals surface area contributed by atoms with Crippen LogP contribution < -0.4 is 5.32 Å². The zero-order valence-corrected chi connectivity index (χ0v) is 20.7. The van der Waals surface area contributed by atoms with Crippen LogP contribution in [0, 0.1) is 11.8 Å². The Morgan fingerprint density at radius 3 is 2.71 bits per heavy atom. The fourth-order valence-corrected chi connectivity index (χ4v) is 6.20. The van der Waals surface area contributed by atoms with Gasteiger partial charge in [-0.25, -0.2) is 0 Å². The number of benzene rings is 2. The zero-order chi connectivity index (χ0) is 23.8. The second kappa shape index (κ2) is 9.53. The van der Waals surface area contributed by atoms with Gasteiger partial charge >= 0.3 is 0 Å². The van der Waals surface area contributed by atoms with Crippen LogP contribution in [0.3, 0.4) is 0 Å². The van der Waals surface area contributed by atoms with Crippen molar-refractivity contribution in [3.63, 3.8) is 0 Å². The second-order valence-corrected chi connectivity index (χ2v) is 10.7. The fraction of sp³-hybridized carbons (Fsp3) is 0.517. The summed E-state index contributed by atoms with van der Waals surface area (Å²) in [7, 11) is 0. The first kappa shape index (κ1) is 23.1. The summed E-state index contributed by atoms with van der Waals surface area (Å²) in [4.78, 5) is 31.1. The summed E-state index contributed by atoms with van der Waals surface area (Å²) in [5, 5.41) is 3.60. The Kier molecular flexibility index (Phi) is 6.48. The van der Waals surface area contributed by atoms with E-state index in [0.29, 0.717) is 18.4 Å². The normalized spacial score (nSPS) is 24.8. The average Bonchev–Trinajstić information content (AvgIpc) is 2.86. The van der Waals surface area contributed by atoms with Gasteiger partial charge in [0.2, 0.25) is 5.91 Å². The highest BCUT2D eigenvalue weighted by Gasteiger charge is 2.45. The molecule has 3 heterocycles. The smallest absolute Gasteiger partial charge is 0.254 e. The van der Waals surface area contributed by atoms with Crippen LogP contribution in [-0.4, -0.2) is 47.3 Å². The van der Waals surface area contributed by atoms with Gasteiger partial charge in [0, 0.05) is 24.7 Å². The summed E-state index contributed by atoms with van der Waals surface area (Å²) in [6, 6.07) is 16.9. The number of rotatable bonds is 5. The van der Waals surface area contributed by atoms with Gasteiger partial charge in [0.15, 0.2) is 0 Å². The van der Waals surface area contributed by atoms with Gasteiger partial charge in [-0.1, -0.05) is 50.2 Å². The summed E-state index contributed by atoms with van der Waals surface area (Å²) in [6.45, 7) is 8.91. The Labute approximate surface area is 203 Å². The average molecular weight is 460 g/mol. The van der Waals surface area contributed by atoms with Crippen molar-refractivity contribution >= 4 is 11.8 Å². The number of nitrogens with one attached hydrogen (secondary N) is 1. The lowest BCUT2D eigenvalue weighted by molar-refractivity contribution is -0.145. The van der Waals surface area contributed by atoms with Crippen LogP contribution >= 0.6 is 0 Å². The lowest BCUT2D eigenvalue weighted by Gasteiger charge is -2.48. The monoisotopic (exact) mass is 459 g/mol. The van der Waals surface area contributed by atoms with Crippen LogP contribution in [0.25, 0.3) is 0 Å². The molecule has 0 saturated carbocycles. The molecule has 0 bridgehead atoms. The van der Waals surface area contributed by atoms with Gasteiger partial charge in [-0.3, -0.25) is 9.59 Å². The van der Waals surface area contributed by atoms with Gasteiger partial charge < -0.3 is 15.1 Å². The van der Waals surface area contributed by atoms with Crippen LogP contribution in [0.15, 0.2) is 48.5 Å². The molecule has 4 atom stereocenters. The third-order valence-electron chi connectivity index (χ3n) is 7.98. The van der Waals surface area contributed by atoms with Crippen LogP contribution in [0.4, 0.5) is 0 Å². The molecule has 2 aromatic carbocycles. The summed E-state index contributed by atoms with van der Waals surface area (Å²) in [5.74, 6) is 0.921. The highest BCUT2D eigenvalue weighted by molar-refractivity contribution is 5.95. The molecule has 2 fully saturated rings. The summed E-state index contributed by atoms with van der Waals surface area (Å²) >= 11 is 0. The van der Waals surface area contributed by atoms with Crippen molar-refractivity contribution in [3.05, 3.63) is 70.8 Å². The molecule has 5 nitrogen and oxygen atoms in total. The van der Waals surface area contributed by atoms with Gasteiger partial charge in [-0.2, -0.15) is 0 Å². The topological polar surface area (TPSA) is 52.7 Å². The molecule has 2 aromatic rings. The van der Waals surface area contributed by atoms with E-state index in [9.17, 15) is 9.59 Å². The first-order chi connectivity index (χ1) is 16.4.